The van der Waals surface area contributed by atoms with Crippen LogP contribution in [0.15, 0.2) is 54.6 Å². The van der Waals surface area contributed by atoms with E-state index in [4.69, 9.17) is 4.74 Å². The normalized spacial score (nSPS) is 13.4. The van der Waals surface area contributed by atoms with Crippen LogP contribution < -0.4 is 10.1 Å². The van der Waals surface area contributed by atoms with Gasteiger partial charge in [-0.15, -0.1) is 23.7 Å². The number of carbonyl (C=O) groups is 1. The maximum Gasteiger partial charge on any atom is 0.257 e. The van der Waals surface area contributed by atoms with Gasteiger partial charge in [0.05, 0.1) is 5.69 Å². The number of fused-ring (bicyclic) bond motifs is 1. The number of aromatic nitrogens is 1. The molecule has 3 aromatic rings. The predicted octanol–water partition coefficient (Wildman–Crippen LogP) is 4.60. The summed E-state index contributed by atoms with van der Waals surface area (Å²) in [5, 5.41) is 3.57. The molecule has 0 saturated carbocycles. The Balaban J connectivity index is 0.00000210. The summed E-state index contributed by atoms with van der Waals surface area (Å²) in [7, 11) is 2.10. The minimum atomic E-state index is -0.178. The molecule has 1 N–H and O–H groups in total. The molecule has 1 amide bonds. The standard InChI is InChI=1S/C20H19N3O2S.ClH/c1-23-11-10-17-18(13-23)26-20(21-17)22-19(24)14-6-5-9-16(12-14)25-15-7-3-2-4-8-15;/h2-9,12H,10-11,13H2,1H3,(H,21,22,24);1H. The Morgan fingerprint density at radius 1 is 1.15 bits per heavy atom. The Hall–Kier alpha value is -2.41. The zero-order valence-electron chi connectivity index (χ0n) is 14.8. The number of hydrogen-bond acceptors (Lipinski definition) is 5. The molecule has 1 aliphatic rings. The average Bonchev–Trinajstić information content (AvgIpc) is 3.04. The number of ether oxygens (including phenoxy) is 1. The highest BCUT2D eigenvalue weighted by molar-refractivity contribution is 7.15. The van der Waals surface area contributed by atoms with Gasteiger partial charge in [-0.3, -0.25) is 10.1 Å². The molecule has 2 heterocycles. The quantitative estimate of drug-likeness (QED) is 0.694. The molecule has 140 valence electrons. The minimum Gasteiger partial charge on any atom is -0.457 e. The van der Waals surface area contributed by atoms with Crippen LogP contribution in [0.4, 0.5) is 5.13 Å². The summed E-state index contributed by atoms with van der Waals surface area (Å²) in [5.74, 6) is 1.19. The smallest absolute Gasteiger partial charge is 0.257 e. The first-order chi connectivity index (χ1) is 12.7. The Morgan fingerprint density at radius 3 is 2.74 bits per heavy atom. The van der Waals surface area contributed by atoms with Crippen molar-refractivity contribution in [3.63, 3.8) is 0 Å². The molecule has 1 aliphatic heterocycles. The molecule has 2 aromatic carbocycles. The molecule has 0 unspecified atom stereocenters. The molecule has 0 radical (unpaired) electrons. The van der Waals surface area contributed by atoms with Crippen molar-refractivity contribution in [2.45, 2.75) is 13.0 Å². The van der Waals surface area contributed by atoms with Crippen LogP contribution in [-0.2, 0) is 13.0 Å². The van der Waals surface area contributed by atoms with Gasteiger partial charge in [0.25, 0.3) is 5.91 Å². The molecule has 7 heteroatoms. The maximum absolute atomic E-state index is 12.6. The van der Waals surface area contributed by atoms with Crippen LogP contribution in [0.5, 0.6) is 11.5 Å². The van der Waals surface area contributed by atoms with E-state index in [1.165, 1.54) is 4.88 Å². The zero-order valence-corrected chi connectivity index (χ0v) is 16.5. The molecule has 1 aromatic heterocycles. The molecule has 0 spiro atoms. The van der Waals surface area contributed by atoms with Gasteiger partial charge in [-0.05, 0) is 37.4 Å². The third kappa shape index (κ3) is 4.66. The molecule has 4 rings (SSSR count). The molecule has 27 heavy (non-hydrogen) atoms. The number of amides is 1. The molecule has 0 atom stereocenters. The van der Waals surface area contributed by atoms with Gasteiger partial charge in [0.15, 0.2) is 5.13 Å². The summed E-state index contributed by atoms with van der Waals surface area (Å²) in [4.78, 5) is 20.6. The van der Waals surface area contributed by atoms with Crippen LogP contribution in [-0.4, -0.2) is 29.4 Å². The molecule has 5 nitrogen and oxygen atoms in total. The van der Waals surface area contributed by atoms with Crippen LogP contribution >= 0.6 is 23.7 Å². The van der Waals surface area contributed by atoms with Crippen LogP contribution in [0.2, 0.25) is 0 Å². The number of para-hydroxylation sites is 1. The van der Waals surface area contributed by atoms with Gasteiger partial charge < -0.3 is 9.64 Å². The Morgan fingerprint density at radius 2 is 1.93 bits per heavy atom. The SMILES string of the molecule is CN1CCc2nc(NC(=O)c3cccc(Oc4ccccc4)c3)sc2C1.Cl. The second-order valence-corrected chi connectivity index (χ2v) is 7.36. The number of nitrogens with zero attached hydrogens (tertiary/aromatic N) is 2. The van der Waals surface area contributed by atoms with E-state index in [2.05, 4.69) is 22.2 Å². The fraction of sp³-hybridized carbons (Fsp3) is 0.200. The highest BCUT2D eigenvalue weighted by Gasteiger charge is 2.19. The Labute approximate surface area is 168 Å². The Bertz CT molecular complexity index is 930. The highest BCUT2D eigenvalue weighted by Crippen LogP contribution is 2.28. The van der Waals surface area contributed by atoms with Gasteiger partial charge in [-0.25, -0.2) is 4.98 Å². The molecule has 0 bridgehead atoms. The molecule has 0 fully saturated rings. The number of anilines is 1. The number of halogens is 1. The summed E-state index contributed by atoms with van der Waals surface area (Å²) in [5.41, 5.74) is 1.65. The van der Waals surface area contributed by atoms with Gasteiger partial charge in [0.2, 0.25) is 0 Å². The van der Waals surface area contributed by atoms with Crippen molar-refractivity contribution >= 4 is 34.8 Å². The lowest BCUT2D eigenvalue weighted by Gasteiger charge is -2.20. The third-order valence-electron chi connectivity index (χ3n) is 4.22. The lowest BCUT2D eigenvalue weighted by molar-refractivity contribution is 0.102. The summed E-state index contributed by atoms with van der Waals surface area (Å²) in [6.07, 6.45) is 0.929. The first-order valence-electron chi connectivity index (χ1n) is 8.49. The third-order valence-corrected chi connectivity index (χ3v) is 5.22. The van der Waals surface area contributed by atoms with Crippen molar-refractivity contribution in [2.75, 3.05) is 18.9 Å². The van der Waals surface area contributed by atoms with Crippen molar-refractivity contribution in [2.24, 2.45) is 0 Å². The van der Waals surface area contributed by atoms with E-state index in [0.717, 1.165) is 31.0 Å². The molecular weight excluding hydrogens is 382 g/mol. The number of carbonyl (C=O) groups excluding carboxylic acids is 1. The number of nitrogens with one attached hydrogen (secondary N) is 1. The Kier molecular flexibility index (Phi) is 6.11. The molecule has 0 saturated heterocycles. The fourth-order valence-corrected chi connectivity index (χ4v) is 3.95. The predicted molar refractivity (Wildman–Crippen MR) is 110 cm³/mol. The van der Waals surface area contributed by atoms with Gasteiger partial charge in [-0.2, -0.15) is 0 Å². The van der Waals surface area contributed by atoms with Crippen LogP contribution in [0.1, 0.15) is 20.9 Å². The van der Waals surface area contributed by atoms with Crippen LogP contribution in [0.25, 0.3) is 0 Å². The van der Waals surface area contributed by atoms with Gasteiger partial charge in [-0.1, -0.05) is 24.3 Å². The van der Waals surface area contributed by atoms with Crippen molar-refractivity contribution in [3.8, 4) is 11.5 Å². The van der Waals surface area contributed by atoms with Gasteiger partial charge >= 0.3 is 0 Å². The van der Waals surface area contributed by atoms with E-state index in [1.54, 1.807) is 23.5 Å². The van der Waals surface area contributed by atoms with Gasteiger partial charge in [0, 0.05) is 30.0 Å². The summed E-state index contributed by atoms with van der Waals surface area (Å²) < 4.78 is 5.80. The van der Waals surface area contributed by atoms with Crippen molar-refractivity contribution < 1.29 is 9.53 Å². The number of hydrogen-bond donors (Lipinski definition) is 1. The van der Waals surface area contributed by atoms with E-state index in [1.807, 2.05) is 42.5 Å². The summed E-state index contributed by atoms with van der Waals surface area (Å²) in [6.45, 7) is 1.90. The number of likely N-dealkylation sites (N-methyl/N-ethyl adjacent to an activating group) is 1. The lowest BCUT2D eigenvalue weighted by Crippen LogP contribution is -2.25. The van der Waals surface area contributed by atoms with Crippen molar-refractivity contribution in [1.82, 2.24) is 9.88 Å². The monoisotopic (exact) mass is 401 g/mol. The van der Waals surface area contributed by atoms with E-state index < -0.39 is 0 Å². The minimum absolute atomic E-state index is 0. The van der Waals surface area contributed by atoms with E-state index in [0.29, 0.717) is 16.4 Å². The first-order valence-corrected chi connectivity index (χ1v) is 9.30. The van der Waals surface area contributed by atoms with E-state index in [-0.39, 0.29) is 18.3 Å². The largest absolute Gasteiger partial charge is 0.457 e. The van der Waals surface area contributed by atoms with Crippen LogP contribution in [0.3, 0.4) is 0 Å². The van der Waals surface area contributed by atoms with Crippen molar-refractivity contribution in [1.29, 1.82) is 0 Å². The first kappa shape index (κ1) is 19.4. The zero-order chi connectivity index (χ0) is 17.9. The second kappa shape index (κ2) is 8.52. The topological polar surface area (TPSA) is 54.5 Å². The number of rotatable bonds is 4. The summed E-state index contributed by atoms with van der Waals surface area (Å²) >= 11 is 1.55. The lowest BCUT2D eigenvalue weighted by atomic mass is 10.2. The average molecular weight is 402 g/mol. The number of thiazole rings is 1. The van der Waals surface area contributed by atoms with Gasteiger partial charge in [0.1, 0.15) is 11.5 Å². The fourth-order valence-electron chi connectivity index (χ4n) is 2.87. The molecule has 0 aliphatic carbocycles. The summed E-state index contributed by atoms with van der Waals surface area (Å²) in [6, 6.07) is 16.7. The highest BCUT2D eigenvalue weighted by atomic mass is 35.5. The van der Waals surface area contributed by atoms with E-state index in [9.17, 15) is 4.79 Å². The van der Waals surface area contributed by atoms with E-state index >= 15 is 0 Å². The number of benzene rings is 2. The maximum atomic E-state index is 12.6. The molecular formula is C20H20ClN3O2S. The second-order valence-electron chi connectivity index (χ2n) is 6.27. The van der Waals surface area contributed by atoms with Crippen molar-refractivity contribution in [3.05, 3.63) is 70.7 Å². The van der Waals surface area contributed by atoms with Crippen LogP contribution in [0, 0.1) is 0 Å².